The summed E-state index contributed by atoms with van der Waals surface area (Å²) in [6, 6.07) is 9.23. The molecule has 9 heteroatoms. The molecule has 0 bridgehead atoms. The number of piperazine rings is 1. The van der Waals surface area contributed by atoms with Crippen molar-refractivity contribution in [3.8, 4) is 23.0 Å². The lowest BCUT2D eigenvalue weighted by Crippen LogP contribution is -2.50. The van der Waals surface area contributed by atoms with Gasteiger partial charge in [-0.2, -0.15) is 0 Å². The molecule has 1 aromatic carbocycles. The number of hydrogen-bond acceptors (Lipinski definition) is 8. The third-order valence-electron chi connectivity index (χ3n) is 5.70. The van der Waals surface area contributed by atoms with Gasteiger partial charge in [0.05, 0.1) is 26.3 Å². The Hall–Kier alpha value is -3.17. The fourth-order valence-corrected chi connectivity index (χ4v) is 3.85. The van der Waals surface area contributed by atoms with E-state index < -0.39 is 0 Å². The van der Waals surface area contributed by atoms with Crippen LogP contribution in [-0.4, -0.2) is 78.0 Å². The van der Waals surface area contributed by atoms with Gasteiger partial charge in [-0.1, -0.05) is 6.07 Å². The predicted molar refractivity (Wildman–Crippen MR) is 119 cm³/mol. The van der Waals surface area contributed by atoms with E-state index in [0.717, 1.165) is 32.0 Å². The van der Waals surface area contributed by atoms with Gasteiger partial charge in [-0.3, -0.25) is 9.69 Å². The lowest BCUT2D eigenvalue weighted by Gasteiger charge is -2.38. The largest absolute Gasteiger partial charge is 0.497 e. The van der Waals surface area contributed by atoms with Crippen molar-refractivity contribution in [1.29, 1.82) is 0 Å². The number of benzene rings is 1. The first-order valence-corrected chi connectivity index (χ1v) is 10.3. The van der Waals surface area contributed by atoms with Gasteiger partial charge < -0.3 is 24.5 Å². The molecule has 2 N–H and O–H groups in total. The summed E-state index contributed by atoms with van der Waals surface area (Å²) in [5.41, 5.74) is 0.775. The molecule has 0 spiro atoms. The fourth-order valence-electron chi connectivity index (χ4n) is 3.85. The first kappa shape index (κ1) is 21.1. The molecule has 0 aliphatic carbocycles. The zero-order valence-electron chi connectivity index (χ0n) is 18.0. The average Bonchev–Trinajstić information content (AvgIpc) is 2.82. The van der Waals surface area contributed by atoms with Crippen molar-refractivity contribution < 1.29 is 14.6 Å². The minimum absolute atomic E-state index is 0.155. The van der Waals surface area contributed by atoms with E-state index in [2.05, 4.69) is 19.8 Å². The standard InChI is InChI=1S/C22H27N5O4/c1-14(13-28)26-7-9-27(10-8-26)19-6-4-5-16(23-19)21-24-17-11-15(30-2)12-18(31-3)20(17)22(29)25-21/h4-6,11-12,14,28H,7-10,13H2,1-3H3,(H,24,25,29). The van der Waals surface area contributed by atoms with Gasteiger partial charge in [-0.25, -0.2) is 9.97 Å². The number of ether oxygens (including phenoxy) is 2. The minimum atomic E-state index is -0.293. The molecule has 3 heterocycles. The summed E-state index contributed by atoms with van der Waals surface area (Å²) < 4.78 is 10.7. The normalized spacial score (nSPS) is 15.8. The SMILES string of the molecule is COc1cc(OC)c2c(=O)[nH]c(-c3cccc(N4CCN(C(C)CO)CC4)n3)nc2c1. The molecule has 2 aromatic heterocycles. The molecule has 31 heavy (non-hydrogen) atoms. The van der Waals surface area contributed by atoms with E-state index in [4.69, 9.17) is 14.5 Å². The molecule has 1 aliphatic heterocycles. The van der Waals surface area contributed by atoms with Crippen LogP contribution in [0.25, 0.3) is 22.4 Å². The summed E-state index contributed by atoms with van der Waals surface area (Å²) in [6.07, 6.45) is 0. The molecule has 1 fully saturated rings. The Morgan fingerprint density at radius 3 is 2.58 bits per heavy atom. The van der Waals surface area contributed by atoms with Crippen LogP contribution in [0, 0.1) is 0 Å². The summed E-state index contributed by atoms with van der Waals surface area (Å²) in [5, 5.41) is 9.75. The van der Waals surface area contributed by atoms with Gasteiger partial charge in [-0.15, -0.1) is 0 Å². The minimum Gasteiger partial charge on any atom is -0.497 e. The number of anilines is 1. The van der Waals surface area contributed by atoms with Crippen LogP contribution in [0.5, 0.6) is 11.5 Å². The number of hydrogen-bond donors (Lipinski definition) is 2. The van der Waals surface area contributed by atoms with E-state index in [1.54, 1.807) is 19.2 Å². The van der Waals surface area contributed by atoms with Crippen molar-refractivity contribution >= 4 is 16.7 Å². The second-order valence-corrected chi connectivity index (χ2v) is 7.57. The van der Waals surface area contributed by atoms with E-state index in [0.29, 0.717) is 33.9 Å². The number of pyridine rings is 1. The number of nitrogens with zero attached hydrogens (tertiary/aromatic N) is 4. The van der Waals surface area contributed by atoms with Crippen LogP contribution in [0.3, 0.4) is 0 Å². The number of aromatic amines is 1. The molecule has 4 rings (SSSR count). The lowest BCUT2D eigenvalue weighted by molar-refractivity contribution is 0.128. The smallest absolute Gasteiger partial charge is 0.262 e. The highest BCUT2D eigenvalue weighted by Gasteiger charge is 2.22. The average molecular weight is 425 g/mol. The van der Waals surface area contributed by atoms with Gasteiger partial charge in [0, 0.05) is 44.4 Å². The maximum absolute atomic E-state index is 12.8. The van der Waals surface area contributed by atoms with Crippen molar-refractivity contribution in [1.82, 2.24) is 19.9 Å². The van der Waals surface area contributed by atoms with E-state index in [1.807, 2.05) is 25.1 Å². The molecule has 164 valence electrons. The van der Waals surface area contributed by atoms with Gasteiger partial charge >= 0.3 is 0 Å². The van der Waals surface area contributed by atoms with E-state index in [1.165, 1.54) is 7.11 Å². The Kier molecular flexibility index (Phi) is 6.06. The highest BCUT2D eigenvalue weighted by molar-refractivity contribution is 5.87. The third-order valence-corrected chi connectivity index (χ3v) is 5.70. The molecule has 1 aliphatic rings. The number of aromatic nitrogens is 3. The molecule has 9 nitrogen and oxygen atoms in total. The summed E-state index contributed by atoms with van der Waals surface area (Å²) in [6.45, 7) is 5.54. The van der Waals surface area contributed by atoms with Crippen molar-refractivity contribution in [2.45, 2.75) is 13.0 Å². The molecular weight excluding hydrogens is 398 g/mol. The van der Waals surface area contributed by atoms with Crippen LogP contribution in [0.4, 0.5) is 5.82 Å². The van der Waals surface area contributed by atoms with Crippen LogP contribution >= 0.6 is 0 Å². The Morgan fingerprint density at radius 1 is 1.13 bits per heavy atom. The molecule has 0 radical (unpaired) electrons. The summed E-state index contributed by atoms with van der Waals surface area (Å²) >= 11 is 0. The van der Waals surface area contributed by atoms with E-state index in [9.17, 15) is 9.90 Å². The van der Waals surface area contributed by atoms with Crippen molar-refractivity contribution in [3.05, 3.63) is 40.7 Å². The second-order valence-electron chi connectivity index (χ2n) is 7.57. The van der Waals surface area contributed by atoms with Gasteiger partial charge in [0.15, 0.2) is 5.82 Å². The summed E-state index contributed by atoms with van der Waals surface area (Å²) in [5.74, 6) is 2.19. The number of fused-ring (bicyclic) bond motifs is 1. The van der Waals surface area contributed by atoms with Crippen LogP contribution in [0.2, 0.25) is 0 Å². The molecular formula is C22H27N5O4. The zero-order valence-corrected chi connectivity index (χ0v) is 18.0. The molecule has 1 saturated heterocycles. The maximum atomic E-state index is 12.8. The lowest BCUT2D eigenvalue weighted by atomic mass is 10.2. The van der Waals surface area contributed by atoms with Crippen molar-refractivity contribution in [2.24, 2.45) is 0 Å². The molecule has 1 atom stereocenters. The Bertz CT molecular complexity index is 1120. The molecule has 3 aromatic rings. The maximum Gasteiger partial charge on any atom is 0.262 e. The topological polar surface area (TPSA) is 104 Å². The molecule has 1 unspecified atom stereocenters. The summed E-state index contributed by atoms with van der Waals surface area (Å²) in [4.78, 5) is 29.5. The number of nitrogens with one attached hydrogen (secondary N) is 1. The van der Waals surface area contributed by atoms with Crippen LogP contribution < -0.4 is 19.9 Å². The number of aliphatic hydroxyl groups is 1. The first-order chi connectivity index (χ1) is 15.0. The Labute approximate surface area is 180 Å². The quantitative estimate of drug-likeness (QED) is 0.613. The Balaban J connectivity index is 1.66. The molecule has 0 amide bonds. The van der Waals surface area contributed by atoms with Crippen molar-refractivity contribution in [2.75, 3.05) is 51.9 Å². The molecule has 0 saturated carbocycles. The fraction of sp³-hybridized carbons (Fsp3) is 0.409. The predicted octanol–water partition coefficient (Wildman–Crippen LogP) is 1.51. The summed E-state index contributed by atoms with van der Waals surface area (Å²) in [7, 11) is 3.06. The van der Waals surface area contributed by atoms with E-state index >= 15 is 0 Å². The highest BCUT2D eigenvalue weighted by Crippen LogP contribution is 2.29. The monoisotopic (exact) mass is 425 g/mol. The van der Waals surface area contributed by atoms with Crippen molar-refractivity contribution in [3.63, 3.8) is 0 Å². The van der Waals surface area contributed by atoms with Crippen LogP contribution in [-0.2, 0) is 0 Å². The zero-order chi connectivity index (χ0) is 22.0. The number of H-pyrrole nitrogens is 1. The van der Waals surface area contributed by atoms with E-state index in [-0.39, 0.29) is 18.2 Å². The van der Waals surface area contributed by atoms with Crippen LogP contribution in [0.15, 0.2) is 35.1 Å². The third kappa shape index (κ3) is 4.19. The van der Waals surface area contributed by atoms with Gasteiger partial charge in [0.25, 0.3) is 5.56 Å². The van der Waals surface area contributed by atoms with Crippen LogP contribution in [0.1, 0.15) is 6.92 Å². The number of methoxy groups -OCH3 is 2. The highest BCUT2D eigenvalue weighted by atomic mass is 16.5. The van der Waals surface area contributed by atoms with Gasteiger partial charge in [0.1, 0.15) is 28.4 Å². The number of rotatable bonds is 6. The first-order valence-electron chi connectivity index (χ1n) is 10.3. The number of aliphatic hydroxyl groups excluding tert-OH is 1. The van der Waals surface area contributed by atoms with Gasteiger partial charge in [-0.05, 0) is 19.1 Å². The Morgan fingerprint density at radius 2 is 1.90 bits per heavy atom. The second kappa shape index (κ2) is 8.91. The van der Waals surface area contributed by atoms with Gasteiger partial charge in [0.2, 0.25) is 0 Å².